The normalized spacial score (nSPS) is 11.5. The summed E-state index contributed by atoms with van der Waals surface area (Å²) in [6.07, 6.45) is 0.381. The van der Waals surface area contributed by atoms with Gasteiger partial charge in [0.15, 0.2) is 5.13 Å². The molecule has 0 atom stereocenters. The molecule has 0 spiro atoms. The zero-order valence-corrected chi connectivity index (χ0v) is 14.1. The van der Waals surface area contributed by atoms with E-state index in [1.165, 1.54) is 22.5 Å². The highest BCUT2D eigenvalue weighted by atomic mass is 32.1. The monoisotopic (exact) mass is 302 g/mol. The number of hydrogen-bond donors (Lipinski definition) is 1. The van der Waals surface area contributed by atoms with Crippen molar-refractivity contribution in [3.8, 4) is 0 Å². The molecule has 0 bridgehead atoms. The number of hydrogen-bond acceptors (Lipinski definition) is 3. The van der Waals surface area contributed by atoms with E-state index in [1.54, 1.807) is 0 Å². The third-order valence-corrected chi connectivity index (χ3v) is 4.21. The van der Waals surface area contributed by atoms with Gasteiger partial charge in [-0.15, -0.1) is 11.3 Å². The Morgan fingerprint density at radius 3 is 2.52 bits per heavy atom. The van der Waals surface area contributed by atoms with Gasteiger partial charge in [-0.1, -0.05) is 39.0 Å². The van der Waals surface area contributed by atoms with Crippen molar-refractivity contribution in [1.29, 1.82) is 0 Å². The molecule has 112 valence electrons. The first-order valence-electron chi connectivity index (χ1n) is 7.07. The van der Waals surface area contributed by atoms with Crippen LogP contribution < -0.4 is 5.32 Å². The minimum Gasteiger partial charge on any atom is -0.302 e. The maximum Gasteiger partial charge on any atom is 0.230 e. The SMILES string of the molecule is Cc1ccc(CC(=O)Nc2nc(C(C)(C)C)cs2)cc1C. The van der Waals surface area contributed by atoms with Crippen LogP contribution in [0.2, 0.25) is 0 Å². The van der Waals surface area contributed by atoms with Gasteiger partial charge in [-0.3, -0.25) is 4.79 Å². The summed E-state index contributed by atoms with van der Waals surface area (Å²) in [7, 11) is 0. The lowest BCUT2D eigenvalue weighted by atomic mass is 9.93. The number of aromatic nitrogens is 1. The number of carbonyl (C=O) groups excluding carboxylic acids is 1. The molecule has 3 nitrogen and oxygen atoms in total. The van der Waals surface area contributed by atoms with Crippen molar-refractivity contribution in [2.75, 3.05) is 5.32 Å². The molecule has 0 aliphatic carbocycles. The van der Waals surface area contributed by atoms with Crippen LogP contribution in [0.15, 0.2) is 23.6 Å². The van der Waals surface area contributed by atoms with Crippen molar-refractivity contribution in [1.82, 2.24) is 4.98 Å². The second-order valence-electron chi connectivity index (χ2n) is 6.43. The van der Waals surface area contributed by atoms with Crippen LogP contribution in [0, 0.1) is 13.8 Å². The molecule has 4 heteroatoms. The van der Waals surface area contributed by atoms with E-state index in [0.29, 0.717) is 11.6 Å². The van der Waals surface area contributed by atoms with E-state index in [4.69, 9.17) is 0 Å². The van der Waals surface area contributed by atoms with E-state index < -0.39 is 0 Å². The van der Waals surface area contributed by atoms with Crippen molar-refractivity contribution < 1.29 is 4.79 Å². The molecule has 0 saturated carbocycles. The van der Waals surface area contributed by atoms with Gasteiger partial charge in [0.05, 0.1) is 12.1 Å². The van der Waals surface area contributed by atoms with E-state index in [-0.39, 0.29) is 11.3 Å². The van der Waals surface area contributed by atoms with E-state index in [0.717, 1.165) is 11.3 Å². The summed E-state index contributed by atoms with van der Waals surface area (Å²) in [6, 6.07) is 6.13. The number of carbonyl (C=O) groups is 1. The minimum atomic E-state index is -0.0203. The molecule has 1 N–H and O–H groups in total. The molecular formula is C17H22N2OS. The summed E-state index contributed by atoms with van der Waals surface area (Å²) < 4.78 is 0. The van der Waals surface area contributed by atoms with Gasteiger partial charge in [-0.25, -0.2) is 4.98 Å². The van der Waals surface area contributed by atoms with Crippen LogP contribution in [0.5, 0.6) is 0 Å². The second-order valence-corrected chi connectivity index (χ2v) is 7.29. The highest BCUT2D eigenvalue weighted by molar-refractivity contribution is 7.13. The van der Waals surface area contributed by atoms with E-state index in [1.807, 2.05) is 11.4 Å². The Labute approximate surface area is 130 Å². The lowest BCUT2D eigenvalue weighted by Gasteiger charge is -2.14. The molecule has 1 aromatic heterocycles. The predicted octanol–water partition coefficient (Wildman–Crippen LogP) is 4.24. The number of anilines is 1. The van der Waals surface area contributed by atoms with Crippen LogP contribution in [-0.4, -0.2) is 10.9 Å². The van der Waals surface area contributed by atoms with E-state index >= 15 is 0 Å². The largest absolute Gasteiger partial charge is 0.302 e. The van der Waals surface area contributed by atoms with Gasteiger partial charge in [0.1, 0.15) is 0 Å². The smallest absolute Gasteiger partial charge is 0.230 e. The molecule has 1 heterocycles. The number of aryl methyl sites for hydroxylation is 2. The molecule has 0 saturated heterocycles. The highest BCUT2D eigenvalue weighted by Gasteiger charge is 2.18. The first-order chi connectivity index (χ1) is 9.75. The summed E-state index contributed by atoms with van der Waals surface area (Å²) in [5.74, 6) is -0.0203. The number of benzene rings is 1. The summed E-state index contributed by atoms with van der Waals surface area (Å²) in [6.45, 7) is 10.5. The molecule has 2 rings (SSSR count). The van der Waals surface area contributed by atoms with Gasteiger partial charge in [0, 0.05) is 10.8 Å². The van der Waals surface area contributed by atoms with Crippen molar-refractivity contribution in [3.63, 3.8) is 0 Å². The van der Waals surface area contributed by atoms with Crippen molar-refractivity contribution >= 4 is 22.4 Å². The van der Waals surface area contributed by atoms with Gasteiger partial charge in [0.2, 0.25) is 5.91 Å². The third kappa shape index (κ3) is 4.14. The Hall–Kier alpha value is -1.68. The van der Waals surface area contributed by atoms with Crippen molar-refractivity contribution in [2.45, 2.75) is 46.5 Å². The Bertz CT molecular complexity index is 653. The molecular weight excluding hydrogens is 280 g/mol. The number of amides is 1. The molecule has 0 unspecified atom stereocenters. The van der Waals surface area contributed by atoms with Crippen LogP contribution in [0.1, 0.15) is 43.2 Å². The molecule has 1 aromatic carbocycles. The zero-order valence-electron chi connectivity index (χ0n) is 13.3. The molecule has 0 fully saturated rings. The van der Waals surface area contributed by atoms with Crippen molar-refractivity contribution in [3.05, 3.63) is 46.0 Å². The first-order valence-corrected chi connectivity index (χ1v) is 7.95. The summed E-state index contributed by atoms with van der Waals surface area (Å²) in [4.78, 5) is 16.6. The highest BCUT2D eigenvalue weighted by Crippen LogP contribution is 2.26. The summed E-state index contributed by atoms with van der Waals surface area (Å²) in [5, 5.41) is 5.57. The number of rotatable bonds is 3. The van der Waals surface area contributed by atoms with Crippen LogP contribution in [0.25, 0.3) is 0 Å². The maximum absolute atomic E-state index is 12.1. The van der Waals surface area contributed by atoms with Crippen LogP contribution in [-0.2, 0) is 16.6 Å². The lowest BCUT2D eigenvalue weighted by molar-refractivity contribution is -0.115. The molecule has 2 aromatic rings. The van der Waals surface area contributed by atoms with E-state index in [9.17, 15) is 4.79 Å². The standard InChI is InChI=1S/C17H22N2OS/c1-11-6-7-13(8-12(11)2)9-15(20)19-16-18-14(10-21-16)17(3,4)5/h6-8,10H,9H2,1-5H3,(H,18,19,20). The predicted molar refractivity (Wildman–Crippen MR) is 89.1 cm³/mol. The first kappa shape index (κ1) is 15.7. The molecule has 0 radical (unpaired) electrons. The quantitative estimate of drug-likeness (QED) is 0.921. The molecule has 0 aliphatic rings. The van der Waals surface area contributed by atoms with Crippen LogP contribution >= 0.6 is 11.3 Å². The zero-order chi connectivity index (χ0) is 15.6. The fourth-order valence-corrected chi connectivity index (χ4v) is 2.89. The average Bonchev–Trinajstić information content (AvgIpc) is 2.82. The summed E-state index contributed by atoms with van der Waals surface area (Å²) >= 11 is 1.48. The topological polar surface area (TPSA) is 42.0 Å². The second kappa shape index (κ2) is 5.98. The Morgan fingerprint density at radius 2 is 1.95 bits per heavy atom. The van der Waals surface area contributed by atoms with Gasteiger partial charge in [-0.05, 0) is 30.5 Å². The Balaban J connectivity index is 2.01. The van der Waals surface area contributed by atoms with Gasteiger partial charge < -0.3 is 5.32 Å². The number of nitrogens with one attached hydrogen (secondary N) is 1. The Morgan fingerprint density at radius 1 is 1.24 bits per heavy atom. The fourth-order valence-electron chi connectivity index (χ4n) is 1.94. The lowest BCUT2D eigenvalue weighted by Crippen LogP contribution is -2.15. The van der Waals surface area contributed by atoms with Gasteiger partial charge in [0.25, 0.3) is 0 Å². The van der Waals surface area contributed by atoms with Crippen LogP contribution in [0.4, 0.5) is 5.13 Å². The minimum absolute atomic E-state index is 0.00749. The number of nitrogens with zero attached hydrogens (tertiary/aromatic N) is 1. The van der Waals surface area contributed by atoms with Crippen molar-refractivity contribution in [2.24, 2.45) is 0 Å². The molecule has 21 heavy (non-hydrogen) atoms. The maximum atomic E-state index is 12.1. The number of thiazole rings is 1. The molecule has 1 amide bonds. The van der Waals surface area contributed by atoms with Gasteiger partial charge >= 0.3 is 0 Å². The summed E-state index contributed by atoms with van der Waals surface area (Å²) in [5.41, 5.74) is 4.50. The van der Waals surface area contributed by atoms with E-state index in [2.05, 4.69) is 57.1 Å². The average molecular weight is 302 g/mol. The third-order valence-electron chi connectivity index (χ3n) is 3.45. The fraction of sp³-hybridized carbons (Fsp3) is 0.412. The Kier molecular flexibility index (Phi) is 4.47. The van der Waals surface area contributed by atoms with Crippen LogP contribution in [0.3, 0.4) is 0 Å². The van der Waals surface area contributed by atoms with Gasteiger partial charge in [-0.2, -0.15) is 0 Å². The molecule has 0 aliphatic heterocycles.